The topological polar surface area (TPSA) is 69.0 Å². The van der Waals surface area contributed by atoms with Crippen LogP contribution in [0.1, 0.15) is 38.3 Å². The third kappa shape index (κ3) is 6.33. The molecule has 164 valence electrons. The molecule has 1 atom stereocenters. The van der Waals surface area contributed by atoms with Crippen LogP contribution >= 0.6 is 43.6 Å². The van der Waals surface area contributed by atoms with Gasteiger partial charge in [-0.25, -0.2) is 0 Å². The molecule has 6 nitrogen and oxygen atoms in total. The van der Waals surface area contributed by atoms with Gasteiger partial charge in [-0.05, 0) is 72.1 Å². The molecule has 0 radical (unpaired) electrons. The summed E-state index contributed by atoms with van der Waals surface area (Å²) in [6.07, 6.45) is 0.729. The normalized spacial score (nSPS) is 11.9. The third-order valence-electron chi connectivity index (χ3n) is 4.60. The van der Waals surface area contributed by atoms with Gasteiger partial charge in [0.15, 0.2) is 17.1 Å². The summed E-state index contributed by atoms with van der Waals surface area (Å²) in [4.78, 5) is 12.4. The summed E-state index contributed by atoms with van der Waals surface area (Å²) in [6.45, 7) is 6.79. The summed E-state index contributed by atoms with van der Waals surface area (Å²) >= 11 is 8.22. The average molecular weight is 568 g/mol. The van der Waals surface area contributed by atoms with E-state index in [2.05, 4.69) is 66.4 Å². The Bertz CT molecular complexity index is 1040. The van der Waals surface area contributed by atoms with E-state index in [0.717, 1.165) is 26.9 Å². The second-order valence-electron chi connectivity index (χ2n) is 6.80. The number of thioether (sulfide) groups is 1. The van der Waals surface area contributed by atoms with E-state index in [-0.39, 0.29) is 17.8 Å². The number of halogens is 2. The van der Waals surface area contributed by atoms with Crippen LogP contribution in [0.4, 0.5) is 5.69 Å². The van der Waals surface area contributed by atoms with Crippen molar-refractivity contribution >= 4 is 55.2 Å². The van der Waals surface area contributed by atoms with Crippen molar-refractivity contribution in [1.29, 1.82) is 0 Å². The second kappa shape index (κ2) is 11.2. The summed E-state index contributed by atoms with van der Waals surface area (Å²) in [5, 5.41) is 12.2. The van der Waals surface area contributed by atoms with E-state index in [9.17, 15) is 4.79 Å². The molecule has 0 unspecified atom stereocenters. The Morgan fingerprint density at radius 1 is 1.16 bits per heavy atom. The zero-order valence-corrected chi connectivity index (χ0v) is 21.6. The molecular formula is C22H24Br2N4O2S. The van der Waals surface area contributed by atoms with Crippen molar-refractivity contribution in [2.24, 2.45) is 0 Å². The molecule has 0 bridgehead atoms. The minimum Gasteiger partial charge on any atom is -0.483 e. The van der Waals surface area contributed by atoms with Crippen LogP contribution in [-0.4, -0.2) is 26.4 Å². The molecule has 1 heterocycles. The molecule has 1 aromatic heterocycles. The Balaban J connectivity index is 1.63. The number of nitrogens with zero attached hydrogens (tertiary/aromatic N) is 3. The standard InChI is InChI=1S/C22H24Br2N4O2S/c1-4-15-6-9-17(10-7-15)30-14(3)21-26-27-22(28(21)5-2)31-13-20(29)25-19-12-16(23)8-11-18(19)24/h6-12,14H,4-5,13H2,1-3H3,(H,25,29)/t14-/m1/s1. The summed E-state index contributed by atoms with van der Waals surface area (Å²) in [5.74, 6) is 1.64. The molecule has 31 heavy (non-hydrogen) atoms. The zero-order valence-electron chi connectivity index (χ0n) is 17.6. The van der Waals surface area contributed by atoms with Crippen molar-refractivity contribution in [3.63, 3.8) is 0 Å². The highest BCUT2D eigenvalue weighted by atomic mass is 79.9. The van der Waals surface area contributed by atoms with Gasteiger partial charge in [-0.15, -0.1) is 10.2 Å². The average Bonchev–Trinajstić information content (AvgIpc) is 3.18. The first kappa shape index (κ1) is 23.8. The van der Waals surface area contributed by atoms with Crippen molar-refractivity contribution in [1.82, 2.24) is 14.8 Å². The minimum absolute atomic E-state index is 0.115. The Hall–Kier alpha value is -1.84. The molecule has 0 aliphatic heterocycles. The number of nitrogens with one attached hydrogen (secondary N) is 1. The van der Waals surface area contributed by atoms with E-state index in [1.807, 2.05) is 48.7 Å². The summed E-state index contributed by atoms with van der Waals surface area (Å²) in [5.41, 5.74) is 1.98. The monoisotopic (exact) mass is 566 g/mol. The van der Waals surface area contributed by atoms with E-state index in [1.54, 1.807) is 0 Å². The number of amides is 1. The number of hydrogen-bond donors (Lipinski definition) is 1. The summed E-state index contributed by atoms with van der Waals surface area (Å²) < 4.78 is 9.77. The Morgan fingerprint density at radius 2 is 1.90 bits per heavy atom. The first-order valence-electron chi connectivity index (χ1n) is 9.97. The van der Waals surface area contributed by atoms with Gasteiger partial charge in [0.2, 0.25) is 5.91 Å². The molecule has 0 aliphatic rings. The lowest BCUT2D eigenvalue weighted by molar-refractivity contribution is -0.113. The molecule has 0 aliphatic carbocycles. The number of aromatic nitrogens is 3. The van der Waals surface area contributed by atoms with E-state index in [4.69, 9.17) is 4.74 Å². The van der Waals surface area contributed by atoms with Gasteiger partial charge in [-0.3, -0.25) is 4.79 Å². The molecule has 0 saturated heterocycles. The van der Waals surface area contributed by atoms with Gasteiger partial charge in [0.1, 0.15) is 5.75 Å². The van der Waals surface area contributed by atoms with Crippen molar-refractivity contribution in [2.75, 3.05) is 11.1 Å². The van der Waals surface area contributed by atoms with Crippen LogP contribution in [0, 0.1) is 0 Å². The number of rotatable bonds is 9. The first-order chi connectivity index (χ1) is 14.9. The molecule has 9 heteroatoms. The van der Waals surface area contributed by atoms with Crippen LogP contribution < -0.4 is 10.1 Å². The fourth-order valence-corrected chi connectivity index (χ4v) is 4.49. The van der Waals surface area contributed by atoms with Gasteiger partial charge in [0.25, 0.3) is 0 Å². The van der Waals surface area contributed by atoms with Crippen molar-refractivity contribution in [3.8, 4) is 5.75 Å². The largest absolute Gasteiger partial charge is 0.483 e. The van der Waals surface area contributed by atoms with Crippen molar-refractivity contribution < 1.29 is 9.53 Å². The predicted molar refractivity (Wildman–Crippen MR) is 132 cm³/mol. The van der Waals surface area contributed by atoms with Crippen LogP contribution in [-0.2, 0) is 17.8 Å². The third-order valence-corrected chi connectivity index (χ3v) is 6.76. The fraction of sp³-hybridized carbons (Fsp3) is 0.318. The highest BCUT2D eigenvalue weighted by Crippen LogP contribution is 2.28. The van der Waals surface area contributed by atoms with E-state index >= 15 is 0 Å². The van der Waals surface area contributed by atoms with Crippen LogP contribution in [0.2, 0.25) is 0 Å². The van der Waals surface area contributed by atoms with Gasteiger partial charge >= 0.3 is 0 Å². The van der Waals surface area contributed by atoms with Crippen molar-refractivity contribution in [2.45, 2.75) is 45.0 Å². The lowest BCUT2D eigenvalue weighted by Gasteiger charge is -2.16. The second-order valence-corrected chi connectivity index (χ2v) is 9.52. The van der Waals surface area contributed by atoms with Gasteiger partial charge in [0, 0.05) is 15.5 Å². The van der Waals surface area contributed by atoms with E-state index in [0.29, 0.717) is 17.4 Å². The summed E-state index contributed by atoms with van der Waals surface area (Å²) in [7, 11) is 0. The molecule has 1 N–H and O–H groups in total. The van der Waals surface area contributed by atoms with E-state index in [1.165, 1.54) is 17.3 Å². The lowest BCUT2D eigenvalue weighted by atomic mass is 10.2. The summed E-state index contributed by atoms with van der Waals surface area (Å²) in [6, 6.07) is 13.7. The molecule has 2 aromatic carbocycles. The smallest absolute Gasteiger partial charge is 0.234 e. The molecule has 0 saturated carbocycles. The quantitative estimate of drug-likeness (QED) is 0.309. The molecule has 3 aromatic rings. The van der Waals surface area contributed by atoms with Gasteiger partial charge < -0.3 is 14.6 Å². The van der Waals surface area contributed by atoms with Gasteiger partial charge in [-0.1, -0.05) is 46.7 Å². The zero-order chi connectivity index (χ0) is 22.4. The molecule has 1 amide bonds. The van der Waals surface area contributed by atoms with Crippen LogP contribution in [0.15, 0.2) is 56.6 Å². The first-order valence-corrected chi connectivity index (χ1v) is 12.5. The molecule has 3 rings (SSSR count). The number of benzene rings is 2. The highest BCUT2D eigenvalue weighted by Gasteiger charge is 2.19. The number of ether oxygens (including phenoxy) is 1. The molecule has 0 fully saturated rings. The number of carbonyl (C=O) groups is 1. The minimum atomic E-state index is -0.263. The van der Waals surface area contributed by atoms with Gasteiger partial charge in [-0.2, -0.15) is 0 Å². The molecule has 0 spiro atoms. The highest BCUT2D eigenvalue weighted by molar-refractivity contribution is 9.11. The van der Waals surface area contributed by atoms with Crippen LogP contribution in [0.5, 0.6) is 5.75 Å². The number of aryl methyl sites for hydroxylation is 1. The maximum absolute atomic E-state index is 12.4. The van der Waals surface area contributed by atoms with Crippen LogP contribution in [0.3, 0.4) is 0 Å². The predicted octanol–water partition coefficient (Wildman–Crippen LogP) is 6.26. The maximum atomic E-state index is 12.4. The Morgan fingerprint density at radius 3 is 2.58 bits per heavy atom. The van der Waals surface area contributed by atoms with E-state index < -0.39 is 0 Å². The molecular weight excluding hydrogens is 544 g/mol. The number of anilines is 1. The van der Waals surface area contributed by atoms with Crippen molar-refractivity contribution in [3.05, 3.63) is 62.8 Å². The Kier molecular flexibility index (Phi) is 8.57. The number of carbonyl (C=O) groups excluding carboxylic acids is 1. The Labute approximate surface area is 203 Å². The number of hydrogen-bond acceptors (Lipinski definition) is 5. The van der Waals surface area contributed by atoms with Crippen LogP contribution in [0.25, 0.3) is 0 Å². The fourth-order valence-electron chi connectivity index (χ4n) is 2.97. The maximum Gasteiger partial charge on any atom is 0.234 e. The lowest BCUT2D eigenvalue weighted by Crippen LogP contribution is -2.15. The SMILES string of the molecule is CCc1ccc(O[C@H](C)c2nnc(SCC(=O)Nc3cc(Br)ccc3Br)n2CC)cc1. The van der Waals surface area contributed by atoms with Gasteiger partial charge in [0.05, 0.1) is 11.4 Å².